The second-order valence-corrected chi connectivity index (χ2v) is 7.87. The number of ether oxygens (including phenoxy) is 2. The number of carbonyl (C=O) groups is 1. The van der Waals surface area contributed by atoms with Gasteiger partial charge >= 0.3 is 0 Å². The number of amides is 1. The fourth-order valence-corrected chi connectivity index (χ4v) is 3.12. The molecule has 0 aliphatic carbocycles. The summed E-state index contributed by atoms with van der Waals surface area (Å²) >= 11 is 0. The standard InChI is InChI=1S/C19H21N3O6S/c1-13(15-4-7-17-18(10-15)27-12-26-17)22-28-11-19(23)21-9-8-14-2-5-16(6-3-14)29(20,24)25/h2-7,10H,8-9,11-12H2,1H3,(H,21,23)(H2,20,24,25)/b22-13-. The molecule has 154 valence electrons. The van der Waals surface area contributed by atoms with E-state index < -0.39 is 10.0 Å². The van der Waals surface area contributed by atoms with E-state index in [1.165, 1.54) is 12.1 Å². The number of sulfonamides is 1. The van der Waals surface area contributed by atoms with Gasteiger partial charge in [0.25, 0.3) is 5.91 Å². The summed E-state index contributed by atoms with van der Waals surface area (Å²) in [5, 5.41) is 11.7. The smallest absolute Gasteiger partial charge is 0.260 e. The molecule has 0 bridgehead atoms. The van der Waals surface area contributed by atoms with E-state index in [4.69, 9.17) is 19.5 Å². The molecular formula is C19H21N3O6S. The highest BCUT2D eigenvalue weighted by molar-refractivity contribution is 7.89. The molecule has 0 saturated carbocycles. The molecule has 0 radical (unpaired) electrons. The van der Waals surface area contributed by atoms with Gasteiger partial charge in [0.1, 0.15) is 0 Å². The van der Waals surface area contributed by atoms with Crippen molar-refractivity contribution in [3.63, 3.8) is 0 Å². The first-order valence-electron chi connectivity index (χ1n) is 8.78. The molecule has 29 heavy (non-hydrogen) atoms. The molecule has 1 amide bonds. The number of hydrogen-bond donors (Lipinski definition) is 2. The minimum absolute atomic E-state index is 0.0503. The fourth-order valence-electron chi connectivity index (χ4n) is 2.61. The highest BCUT2D eigenvalue weighted by Crippen LogP contribution is 2.32. The van der Waals surface area contributed by atoms with Crippen LogP contribution >= 0.6 is 0 Å². The third-order valence-corrected chi connectivity index (χ3v) is 5.10. The summed E-state index contributed by atoms with van der Waals surface area (Å²) < 4.78 is 33.0. The lowest BCUT2D eigenvalue weighted by atomic mass is 10.1. The molecule has 3 N–H and O–H groups in total. The monoisotopic (exact) mass is 419 g/mol. The second-order valence-electron chi connectivity index (χ2n) is 6.31. The lowest BCUT2D eigenvalue weighted by molar-refractivity contribution is -0.125. The Bertz CT molecular complexity index is 1020. The zero-order valence-electron chi connectivity index (χ0n) is 15.8. The van der Waals surface area contributed by atoms with E-state index in [1.54, 1.807) is 31.2 Å². The van der Waals surface area contributed by atoms with Gasteiger partial charge < -0.3 is 19.6 Å². The van der Waals surface area contributed by atoms with Crippen LogP contribution in [0.5, 0.6) is 11.5 Å². The van der Waals surface area contributed by atoms with Gasteiger partial charge in [0.05, 0.1) is 10.6 Å². The third-order valence-electron chi connectivity index (χ3n) is 4.18. The van der Waals surface area contributed by atoms with Crippen LogP contribution in [0.15, 0.2) is 52.5 Å². The minimum atomic E-state index is -3.71. The number of nitrogens with zero attached hydrogens (tertiary/aromatic N) is 1. The van der Waals surface area contributed by atoms with Gasteiger partial charge in [-0.05, 0) is 49.2 Å². The van der Waals surface area contributed by atoms with Crippen LogP contribution in [-0.2, 0) is 26.1 Å². The van der Waals surface area contributed by atoms with Gasteiger partial charge in [0, 0.05) is 12.1 Å². The van der Waals surface area contributed by atoms with Crippen LogP contribution in [0.25, 0.3) is 0 Å². The van der Waals surface area contributed by atoms with Gasteiger partial charge in [0.15, 0.2) is 18.1 Å². The number of rotatable bonds is 8. The predicted molar refractivity (Wildman–Crippen MR) is 105 cm³/mol. The summed E-state index contributed by atoms with van der Waals surface area (Å²) in [6, 6.07) is 11.6. The van der Waals surface area contributed by atoms with Crippen LogP contribution in [0, 0.1) is 0 Å². The first-order chi connectivity index (χ1) is 13.8. The lowest BCUT2D eigenvalue weighted by Crippen LogP contribution is -2.29. The molecule has 3 rings (SSSR count). The molecule has 0 saturated heterocycles. The Morgan fingerprint density at radius 3 is 2.62 bits per heavy atom. The number of carbonyl (C=O) groups excluding carboxylic acids is 1. The molecule has 0 fully saturated rings. The normalized spacial score (nSPS) is 13.2. The van der Waals surface area contributed by atoms with E-state index >= 15 is 0 Å². The second kappa shape index (κ2) is 8.93. The quantitative estimate of drug-likeness (QED) is 0.488. The SMILES string of the molecule is C/C(=N/OCC(=O)NCCc1ccc(S(N)(=O)=O)cc1)c1ccc2c(c1)OCO2. The predicted octanol–water partition coefficient (Wildman–Crippen LogP) is 1.16. The van der Waals surface area contributed by atoms with Crippen molar-refractivity contribution in [2.45, 2.75) is 18.2 Å². The minimum Gasteiger partial charge on any atom is -0.454 e. The fraction of sp³-hybridized carbons (Fsp3) is 0.263. The molecular weight excluding hydrogens is 398 g/mol. The van der Waals surface area contributed by atoms with E-state index in [0.717, 1.165) is 11.1 Å². The molecule has 2 aromatic rings. The summed E-state index contributed by atoms with van der Waals surface area (Å²) in [6.07, 6.45) is 0.538. The molecule has 0 aromatic heterocycles. The molecule has 1 aliphatic rings. The molecule has 0 spiro atoms. The Labute approximate surface area is 168 Å². The Morgan fingerprint density at radius 1 is 1.17 bits per heavy atom. The van der Waals surface area contributed by atoms with Gasteiger partial charge in [-0.3, -0.25) is 4.79 Å². The zero-order valence-corrected chi connectivity index (χ0v) is 16.6. The average molecular weight is 419 g/mol. The van der Waals surface area contributed by atoms with E-state index in [9.17, 15) is 13.2 Å². The summed E-state index contributed by atoms with van der Waals surface area (Å²) in [6.45, 7) is 2.12. The Hall–Kier alpha value is -3.11. The number of hydrogen-bond acceptors (Lipinski definition) is 7. The maximum atomic E-state index is 11.9. The topological polar surface area (TPSA) is 129 Å². The first-order valence-corrected chi connectivity index (χ1v) is 10.3. The van der Waals surface area contributed by atoms with Crippen LogP contribution in [0.2, 0.25) is 0 Å². The van der Waals surface area contributed by atoms with E-state index in [-0.39, 0.29) is 24.2 Å². The van der Waals surface area contributed by atoms with Gasteiger partial charge in [-0.2, -0.15) is 0 Å². The number of fused-ring (bicyclic) bond motifs is 1. The first kappa shape index (κ1) is 20.6. The maximum Gasteiger partial charge on any atom is 0.260 e. The van der Waals surface area contributed by atoms with Crippen molar-refractivity contribution in [3.8, 4) is 11.5 Å². The number of primary sulfonamides is 1. The van der Waals surface area contributed by atoms with Crippen LogP contribution in [0.1, 0.15) is 18.1 Å². The van der Waals surface area contributed by atoms with Gasteiger partial charge in [0.2, 0.25) is 16.8 Å². The van der Waals surface area contributed by atoms with Crippen molar-refractivity contribution in [3.05, 3.63) is 53.6 Å². The highest BCUT2D eigenvalue weighted by Gasteiger charge is 2.14. The number of benzene rings is 2. The Balaban J connectivity index is 1.41. The Morgan fingerprint density at radius 2 is 1.90 bits per heavy atom. The van der Waals surface area contributed by atoms with Gasteiger partial charge in [-0.25, -0.2) is 13.6 Å². The van der Waals surface area contributed by atoms with Crippen molar-refractivity contribution in [2.24, 2.45) is 10.3 Å². The third kappa shape index (κ3) is 5.69. The number of nitrogens with one attached hydrogen (secondary N) is 1. The van der Waals surface area contributed by atoms with Gasteiger partial charge in [-0.1, -0.05) is 17.3 Å². The van der Waals surface area contributed by atoms with Crippen molar-refractivity contribution >= 4 is 21.6 Å². The molecule has 2 aromatic carbocycles. The molecule has 9 nitrogen and oxygen atoms in total. The number of nitrogens with two attached hydrogens (primary N) is 1. The zero-order chi connectivity index (χ0) is 20.9. The average Bonchev–Trinajstić information content (AvgIpc) is 3.15. The summed E-state index contributed by atoms with van der Waals surface area (Å²) in [5.41, 5.74) is 2.28. The molecule has 1 heterocycles. The van der Waals surface area contributed by atoms with Crippen LogP contribution in [0.3, 0.4) is 0 Å². The molecule has 1 aliphatic heterocycles. The van der Waals surface area contributed by atoms with E-state index in [2.05, 4.69) is 10.5 Å². The van der Waals surface area contributed by atoms with Crippen molar-refractivity contribution in [1.29, 1.82) is 0 Å². The summed E-state index contributed by atoms with van der Waals surface area (Å²) in [7, 11) is -3.71. The largest absolute Gasteiger partial charge is 0.454 e. The molecule has 0 atom stereocenters. The lowest BCUT2D eigenvalue weighted by Gasteiger charge is -2.06. The summed E-state index contributed by atoms with van der Waals surface area (Å²) in [4.78, 5) is 17.0. The maximum absolute atomic E-state index is 11.9. The summed E-state index contributed by atoms with van der Waals surface area (Å²) in [5.74, 6) is 1.02. The molecule has 10 heteroatoms. The molecule has 0 unspecified atom stereocenters. The van der Waals surface area contributed by atoms with Crippen LogP contribution < -0.4 is 19.9 Å². The van der Waals surface area contributed by atoms with Crippen LogP contribution in [-0.4, -0.2) is 40.0 Å². The Kier molecular flexibility index (Phi) is 6.35. The van der Waals surface area contributed by atoms with E-state index in [0.29, 0.717) is 30.2 Å². The highest BCUT2D eigenvalue weighted by atomic mass is 32.2. The van der Waals surface area contributed by atoms with Crippen LogP contribution in [0.4, 0.5) is 0 Å². The number of oxime groups is 1. The van der Waals surface area contributed by atoms with Crippen molar-refractivity contribution in [2.75, 3.05) is 19.9 Å². The van der Waals surface area contributed by atoms with Crippen molar-refractivity contribution in [1.82, 2.24) is 5.32 Å². The van der Waals surface area contributed by atoms with Crippen molar-refractivity contribution < 1.29 is 27.5 Å². The van der Waals surface area contributed by atoms with Gasteiger partial charge in [-0.15, -0.1) is 0 Å². The van der Waals surface area contributed by atoms with E-state index in [1.807, 2.05) is 6.07 Å².